The smallest absolute Gasteiger partial charge is 0.253 e. The molecule has 3 rings (SSSR count). The normalized spacial score (nSPS) is 13.9. The number of aliphatic hydroxyl groups excluding tert-OH is 1. The number of hydrogen-bond donors (Lipinski definition) is 3. The van der Waals surface area contributed by atoms with Gasteiger partial charge in [0.15, 0.2) is 0 Å². The number of hydrogen-bond acceptors (Lipinski definition) is 3. The summed E-state index contributed by atoms with van der Waals surface area (Å²) in [6, 6.07) is 9.23. The van der Waals surface area contributed by atoms with E-state index in [1.807, 2.05) is 32.0 Å². The number of nitrogens with one attached hydrogen (secondary N) is 2. The molecule has 0 saturated heterocycles. The summed E-state index contributed by atoms with van der Waals surface area (Å²) in [5.41, 5.74) is 2.65. The zero-order chi connectivity index (χ0) is 16.4. The first-order valence-corrected chi connectivity index (χ1v) is 7.64. The van der Waals surface area contributed by atoms with Gasteiger partial charge in [0.25, 0.3) is 5.91 Å². The van der Waals surface area contributed by atoms with Gasteiger partial charge >= 0.3 is 0 Å². The molecule has 0 fully saturated rings. The second-order valence-electron chi connectivity index (χ2n) is 5.89. The monoisotopic (exact) mass is 312 g/mol. The fourth-order valence-electron chi connectivity index (χ4n) is 2.71. The van der Waals surface area contributed by atoms with Gasteiger partial charge in [-0.1, -0.05) is 11.6 Å². The van der Waals surface area contributed by atoms with Crippen LogP contribution in [0.25, 0.3) is 10.9 Å². The predicted molar refractivity (Wildman–Crippen MR) is 88.2 cm³/mol. The second kappa shape index (κ2) is 6.30. The van der Waals surface area contributed by atoms with E-state index in [2.05, 4.69) is 10.3 Å². The van der Waals surface area contributed by atoms with Gasteiger partial charge in [0.05, 0.1) is 11.8 Å². The lowest BCUT2D eigenvalue weighted by atomic mass is 10.1. The average molecular weight is 312 g/mol. The fraction of sp³-hybridized carbons (Fsp3) is 0.278. The number of amides is 1. The van der Waals surface area contributed by atoms with E-state index in [1.54, 1.807) is 18.3 Å². The van der Waals surface area contributed by atoms with E-state index >= 15 is 0 Å². The van der Waals surface area contributed by atoms with Gasteiger partial charge in [-0.2, -0.15) is 0 Å². The van der Waals surface area contributed by atoms with E-state index in [1.165, 1.54) is 6.26 Å². The van der Waals surface area contributed by atoms with Gasteiger partial charge in [0, 0.05) is 29.6 Å². The van der Waals surface area contributed by atoms with Crippen molar-refractivity contribution in [2.45, 2.75) is 32.4 Å². The van der Waals surface area contributed by atoms with Crippen molar-refractivity contribution in [2.75, 3.05) is 0 Å². The number of carbonyl (C=O) groups excluding carboxylic acids is 1. The van der Waals surface area contributed by atoms with Crippen molar-refractivity contribution in [1.29, 1.82) is 0 Å². The van der Waals surface area contributed by atoms with Crippen LogP contribution in [-0.2, 0) is 0 Å². The first-order valence-electron chi connectivity index (χ1n) is 7.64. The van der Waals surface area contributed by atoms with Crippen LogP contribution in [0.4, 0.5) is 0 Å². The number of aryl methyl sites for hydroxylation is 1. The molecule has 0 aliphatic heterocycles. The Morgan fingerprint density at radius 2 is 2.22 bits per heavy atom. The third-order valence-corrected chi connectivity index (χ3v) is 3.91. The Hall–Kier alpha value is -2.53. The van der Waals surface area contributed by atoms with Gasteiger partial charge in [-0.05, 0) is 38.1 Å². The van der Waals surface area contributed by atoms with Crippen LogP contribution in [0.1, 0.15) is 41.1 Å². The van der Waals surface area contributed by atoms with E-state index in [0.29, 0.717) is 17.7 Å². The summed E-state index contributed by atoms with van der Waals surface area (Å²) < 4.78 is 5.18. The van der Waals surface area contributed by atoms with Crippen LogP contribution >= 0.6 is 0 Å². The maximum atomic E-state index is 12.5. The van der Waals surface area contributed by atoms with Crippen LogP contribution in [0.5, 0.6) is 0 Å². The van der Waals surface area contributed by atoms with E-state index in [9.17, 15) is 9.90 Å². The number of H-pyrrole nitrogens is 1. The predicted octanol–water partition coefficient (Wildman–Crippen LogP) is 3.31. The molecule has 3 N–H and O–H groups in total. The minimum Gasteiger partial charge on any atom is -0.467 e. The van der Waals surface area contributed by atoms with Crippen molar-refractivity contribution in [3.8, 4) is 0 Å². The highest BCUT2D eigenvalue weighted by molar-refractivity contribution is 6.06. The summed E-state index contributed by atoms with van der Waals surface area (Å²) >= 11 is 0. The molecular formula is C18H20N2O3. The Bertz CT molecular complexity index is 805. The molecule has 23 heavy (non-hydrogen) atoms. The van der Waals surface area contributed by atoms with E-state index in [0.717, 1.165) is 16.5 Å². The Labute approximate surface area is 134 Å². The number of rotatable bonds is 5. The van der Waals surface area contributed by atoms with E-state index in [-0.39, 0.29) is 11.9 Å². The Balaban J connectivity index is 1.69. The van der Waals surface area contributed by atoms with Crippen LogP contribution < -0.4 is 5.32 Å². The van der Waals surface area contributed by atoms with Gasteiger partial charge in [0.2, 0.25) is 0 Å². The third kappa shape index (κ3) is 3.29. The van der Waals surface area contributed by atoms with Crippen molar-refractivity contribution < 1.29 is 14.3 Å². The standard InChI is InChI=1S/C18H20N2O3/c1-11-5-6-15-13(8-11)14(10-19-15)18(22)20-12(2)9-16(21)17-4-3-7-23-17/h3-8,10,12,16,19,21H,9H2,1-2H3,(H,20,22)/t12-,16+/m1/s1. The summed E-state index contributed by atoms with van der Waals surface area (Å²) in [5, 5.41) is 13.9. The summed E-state index contributed by atoms with van der Waals surface area (Å²) in [4.78, 5) is 15.6. The Morgan fingerprint density at radius 3 is 2.96 bits per heavy atom. The molecule has 0 saturated carbocycles. The first-order chi connectivity index (χ1) is 11.0. The Morgan fingerprint density at radius 1 is 1.39 bits per heavy atom. The van der Waals surface area contributed by atoms with Crippen molar-refractivity contribution in [3.63, 3.8) is 0 Å². The highest BCUT2D eigenvalue weighted by atomic mass is 16.4. The molecule has 0 spiro atoms. The maximum absolute atomic E-state index is 12.5. The molecule has 1 aromatic carbocycles. The first kappa shape index (κ1) is 15.4. The maximum Gasteiger partial charge on any atom is 0.253 e. The molecule has 120 valence electrons. The van der Waals surface area contributed by atoms with E-state index < -0.39 is 6.10 Å². The topological polar surface area (TPSA) is 78.3 Å². The second-order valence-corrected chi connectivity index (χ2v) is 5.89. The number of furan rings is 1. The summed E-state index contributed by atoms with van der Waals surface area (Å²) in [6.07, 6.45) is 2.90. The highest BCUT2D eigenvalue weighted by Gasteiger charge is 2.18. The number of aromatic amines is 1. The van der Waals surface area contributed by atoms with Crippen LogP contribution in [0.2, 0.25) is 0 Å². The van der Waals surface area contributed by atoms with Gasteiger partial charge in [-0.25, -0.2) is 0 Å². The number of benzene rings is 1. The zero-order valence-corrected chi connectivity index (χ0v) is 13.2. The third-order valence-electron chi connectivity index (χ3n) is 3.91. The molecule has 0 radical (unpaired) electrons. The molecule has 0 bridgehead atoms. The zero-order valence-electron chi connectivity index (χ0n) is 13.2. The van der Waals surface area contributed by atoms with E-state index in [4.69, 9.17) is 4.42 Å². The van der Waals surface area contributed by atoms with Crippen LogP contribution in [0.3, 0.4) is 0 Å². The molecule has 5 nitrogen and oxygen atoms in total. The Kier molecular flexibility index (Phi) is 4.21. The number of carbonyl (C=O) groups is 1. The molecule has 1 amide bonds. The molecule has 0 aliphatic carbocycles. The summed E-state index contributed by atoms with van der Waals surface area (Å²) in [5.74, 6) is 0.356. The molecule has 0 aliphatic rings. The molecule has 0 unspecified atom stereocenters. The molecule has 2 aromatic heterocycles. The largest absolute Gasteiger partial charge is 0.467 e. The van der Waals surface area contributed by atoms with Crippen LogP contribution in [0, 0.1) is 6.92 Å². The molecule has 3 aromatic rings. The molecule has 5 heteroatoms. The fourth-order valence-corrected chi connectivity index (χ4v) is 2.71. The van der Waals surface area contributed by atoms with Gasteiger partial charge in [-0.15, -0.1) is 0 Å². The van der Waals surface area contributed by atoms with Crippen molar-refractivity contribution >= 4 is 16.8 Å². The van der Waals surface area contributed by atoms with Crippen LogP contribution in [0.15, 0.2) is 47.2 Å². The van der Waals surface area contributed by atoms with Gasteiger partial charge in [0.1, 0.15) is 11.9 Å². The SMILES string of the molecule is Cc1ccc2[nH]cc(C(=O)N[C@H](C)C[C@H](O)c3ccco3)c2c1. The minimum absolute atomic E-state index is 0.152. The number of aromatic nitrogens is 1. The van der Waals surface area contributed by atoms with Crippen molar-refractivity contribution in [1.82, 2.24) is 10.3 Å². The lowest BCUT2D eigenvalue weighted by Crippen LogP contribution is -2.33. The van der Waals surface area contributed by atoms with Gasteiger partial charge in [-0.3, -0.25) is 4.79 Å². The average Bonchev–Trinajstić information content (AvgIpc) is 3.16. The summed E-state index contributed by atoms with van der Waals surface area (Å²) in [6.45, 7) is 3.86. The number of fused-ring (bicyclic) bond motifs is 1. The molecule has 2 atom stereocenters. The van der Waals surface area contributed by atoms with Crippen molar-refractivity contribution in [3.05, 3.63) is 59.7 Å². The minimum atomic E-state index is -0.731. The van der Waals surface area contributed by atoms with Gasteiger partial charge < -0.3 is 19.8 Å². The lowest BCUT2D eigenvalue weighted by molar-refractivity contribution is 0.0904. The lowest BCUT2D eigenvalue weighted by Gasteiger charge is -2.16. The number of aliphatic hydroxyl groups is 1. The van der Waals surface area contributed by atoms with Crippen molar-refractivity contribution in [2.24, 2.45) is 0 Å². The van der Waals surface area contributed by atoms with Crippen LogP contribution in [-0.4, -0.2) is 22.0 Å². The molecule has 2 heterocycles. The quantitative estimate of drug-likeness (QED) is 0.676. The summed E-state index contributed by atoms with van der Waals surface area (Å²) in [7, 11) is 0. The highest BCUT2D eigenvalue weighted by Crippen LogP contribution is 2.21. The molecular weight excluding hydrogens is 292 g/mol.